The van der Waals surface area contributed by atoms with Crippen molar-refractivity contribution in [3.05, 3.63) is 42.0 Å². The van der Waals surface area contributed by atoms with Crippen LogP contribution in [-0.4, -0.2) is 35.8 Å². The Morgan fingerprint density at radius 1 is 1.00 bits per heavy atom. The van der Waals surface area contributed by atoms with Crippen molar-refractivity contribution < 1.29 is 9.59 Å². The fourth-order valence-electron chi connectivity index (χ4n) is 7.39. The molecule has 1 saturated heterocycles. The fourth-order valence-corrected chi connectivity index (χ4v) is 7.39. The number of likely N-dealkylation sites (tertiary alicyclic amines) is 1. The summed E-state index contributed by atoms with van der Waals surface area (Å²) >= 11 is 0. The molecule has 5 fully saturated rings. The Bertz CT molecular complexity index is 803. The number of benzene rings is 1. The van der Waals surface area contributed by atoms with Crippen molar-refractivity contribution in [1.29, 1.82) is 0 Å². The smallest absolute Gasteiger partial charge is 0.246 e. The van der Waals surface area contributed by atoms with Gasteiger partial charge in [-0.05, 0) is 93.1 Å². The number of nitrogens with zero attached hydrogens (tertiary/aromatic N) is 1. The van der Waals surface area contributed by atoms with Gasteiger partial charge in [0, 0.05) is 31.1 Å². The predicted octanol–water partition coefficient (Wildman–Crippen LogP) is 4.66. The highest BCUT2D eigenvalue weighted by Gasteiger charge is 2.53. The Balaban J connectivity index is 1.12. The highest BCUT2D eigenvalue weighted by Crippen LogP contribution is 2.61. The zero-order valence-corrected chi connectivity index (χ0v) is 18.8. The van der Waals surface area contributed by atoms with Crippen LogP contribution in [0.3, 0.4) is 0 Å². The van der Waals surface area contributed by atoms with Crippen molar-refractivity contribution in [2.75, 3.05) is 13.1 Å². The molecule has 1 N–H and O–H groups in total. The fraction of sp³-hybridized carbons (Fsp3) is 0.630. The molecule has 4 nitrogen and oxygen atoms in total. The summed E-state index contributed by atoms with van der Waals surface area (Å²) in [5.41, 5.74) is 1.38. The van der Waals surface area contributed by atoms with Crippen LogP contribution in [0, 0.1) is 29.1 Å². The molecule has 1 aromatic carbocycles. The standard InChI is InChI=1S/C27H36N2O2/c1-19(27-16-21-13-22(17-27)15-23(14-21)18-27)28-26(31)24-9-11-29(12-10-24)25(30)8-7-20-5-3-2-4-6-20/h2-8,19,21-24H,9-18H2,1H3,(H,28,31)/b8-7-/t19-,21?,22?,23?,27?/m0/s1. The largest absolute Gasteiger partial charge is 0.353 e. The Kier molecular flexibility index (Phi) is 5.66. The van der Waals surface area contributed by atoms with Crippen LogP contribution in [0.5, 0.6) is 0 Å². The second-order valence-electron chi connectivity index (χ2n) is 10.9. The van der Waals surface area contributed by atoms with E-state index in [1.165, 1.54) is 38.5 Å². The zero-order valence-electron chi connectivity index (χ0n) is 18.8. The number of hydrogen-bond acceptors (Lipinski definition) is 2. The normalized spacial score (nSPS) is 33.6. The summed E-state index contributed by atoms with van der Waals surface area (Å²) in [5, 5.41) is 3.44. The number of rotatable bonds is 5. The molecule has 1 aliphatic heterocycles. The van der Waals surface area contributed by atoms with Gasteiger partial charge in [0.25, 0.3) is 0 Å². The summed E-state index contributed by atoms with van der Waals surface area (Å²) in [5.74, 6) is 3.02. The first-order valence-corrected chi connectivity index (χ1v) is 12.3. The third kappa shape index (κ3) is 4.31. The van der Waals surface area contributed by atoms with E-state index in [1.54, 1.807) is 6.08 Å². The first kappa shape index (κ1) is 20.8. The van der Waals surface area contributed by atoms with E-state index in [0.717, 1.165) is 36.2 Å². The van der Waals surface area contributed by atoms with Crippen LogP contribution >= 0.6 is 0 Å². The molecule has 4 bridgehead atoms. The molecule has 0 radical (unpaired) electrons. The molecule has 6 rings (SSSR count). The van der Waals surface area contributed by atoms with Crippen molar-refractivity contribution in [2.24, 2.45) is 29.1 Å². The third-order valence-corrected chi connectivity index (χ3v) is 8.76. The quantitative estimate of drug-likeness (QED) is 0.705. The summed E-state index contributed by atoms with van der Waals surface area (Å²) in [6.45, 7) is 3.60. The second-order valence-corrected chi connectivity index (χ2v) is 10.9. The molecule has 166 valence electrons. The Morgan fingerprint density at radius 2 is 1.58 bits per heavy atom. The number of carbonyl (C=O) groups is 2. The van der Waals surface area contributed by atoms with E-state index in [9.17, 15) is 9.59 Å². The van der Waals surface area contributed by atoms with E-state index >= 15 is 0 Å². The summed E-state index contributed by atoms with van der Waals surface area (Å²) in [7, 11) is 0. The zero-order chi connectivity index (χ0) is 21.4. The first-order chi connectivity index (χ1) is 15.0. The molecular formula is C27H36N2O2. The third-order valence-electron chi connectivity index (χ3n) is 8.76. The van der Waals surface area contributed by atoms with Crippen molar-refractivity contribution in [1.82, 2.24) is 10.2 Å². The van der Waals surface area contributed by atoms with Gasteiger partial charge in [0.1, 0.15) is 0 Å². The maximum Gasteiger partial charge on any atom is 0.246 e. The maximum absolute atomic E-state index is 13.1. The number of nitrogens with one attached hydrogen (secondary N) is 1. The molecule has 0 spiro atoms. The average molecular weight is 421 g/mol. The summed E-state index contributed by atoms with van der Waals surface area (Å²) < 4.78 is 0. The summed E-state index contributed by atoms with van der Waals surface area (Å²) in [6.07, 6.45) is 13.3. The lowest BCUT2D eigenvalue weighted by Crippen LogP contribution is -2.56. The van der Waals surface area contributed by atoms with Crippen LogP contribution < -0.4 is 5.32 Å². The molecule has 0 aromatic heterocycles. The minimum absolute atomic E-state index is 0.0403. The van der Waals surface area contributed by atoms with E-state index in [0.29, 0.717) is 18.5 Å². The molecular weight excluding hydrogens is 384 g/mol. The highest BCUT2D eigenvalue weighted by atomic mass is 16.2. The molecule has 1 aromatic rings. The molecule has 31 heavy (non-hydrogen) atoms. The first-order valence-electron chi connectivity index (χ1n) is 12.3. The van der Waals surface area contributed by atoms with Crippen molar-refractivity contribution in [3.63, 3.8) is 0 Å². The Morgan fingerprint density at radius 3 is 2.16 bits per heavy atom. The average Bonchev–Trinajstić information content (AvgIpc) is 2.77. The van der Waals surface area contributed by atoms with Crippen molar-refractivity contribution in [2.45, 2.75) is 64.3 Å². The SMILES string of the molecule is C[C@H](NC(=O)C1CCN(C(=O)/C=C\c2ccccc2)CC1)C12CC3CC(CC(C3)C1)C2. The van der Waals surface area contributed by atoms with Crippen LogP contribution in [0.15, 0.2) is 36.4 Å². The van der Waals surface area contributed by atoms with Crippen LogP contribution in [0.4, 0.5) is 0 Å². The molecule has 1 atom stereocenters. The van der Waals surface area contributed by atoms with Gasteiger partial charge in [0.15, 0.2) is 0 Å². The van der Waals surface area contributed by atoms with Gasteiger partial charge in [-0.3, -0.25) is 9.59 Å². The number of carbonyl (C=O) groups excluding carboxylic acids is 2. The molecule has 5 aliphatic rings. The summed E-state index contributed by atoms with van der Waals surface area (Å²) in [4.78, 5) is 27.5. The van der Waals surface area contributed by atoms with Gasteiger partial charge >= 0.3 is 0 Å². The summed E-state index contributed by atoms with van der Waals surface area (Å²) in [6, 6.07) is 10.2. The Hall–Kier alpha value is -2.10. The van der Waals surface area contributed by atoms with Crippen molar-refractivity contribution >= 4 is 17.9 Å². The van der Waals surface area contributed by atoms with E-state index < -0.39 is 0 Å². The minimum atomic E-state index is 0.0403. The van der Waals surface area contributed by atoms with Crippen LogP contribution in [0.25, 0.3) is 6.08 Å². The minimum Gasteiger partial charge on any atom is -0.353 e. The van der Waals surface area contributed by atoms with Gasteiger partial charge in [-0.25, -0.2) is 0 Å². The lowest BCUT2D eigenvalue weighted by molar-refractivity contribution is -0.134. The number of hydrogen-bond donors (Lipinski definition) is 1. The van der Waals surface area contributed by atoms with E-state index in [2.05, 4.69) is 12.2 Å². The van der Waals surface area contributed by atoms with E-state index in [1.807, 2.05) is 41.3 Å². The van der Waals surface area contributed by atoms with E-state index in [4.69, 9.17) is 0 Å². The highest BCUT2D eigenvalue weighted by molar-refractivity contribution is 5.92. The second kappa shape index (κ2) is 8.44. The molecule has 4 aliphatic carbocycles. The van der Waals surface area contributed by atoms with Gasteiger partial charge < -0.3 is 10.2 Å². The Labute approximate surface area is 186 Å². The van der Waals surface area contributed by atoms with Crippen LogP contribution in [0.2, 0.25) is 0 Å². The molecule has 4 heteroatoms. The van der Waals surface area contributed by atoms with E-state index in [-0.39, 0.29) is 23.8 Å². The maximum atomic E-state index is 13.1. The predicted molar refractivity (Wildman–Crippen MR) is 123 cm³/mol. The lowest BCUT2D eigenvalue weighted by atomic mass is 9.48. The van der Waals surface area contributed by atoms with Gasteiger partial charge in [-0.2, -0.15) is 0 Å². The van der Waals surface area contributed by atoms with Crippen molar-refractivity contribution in [3.8, 4) is 0 Å². The molecule has 4 saturated carbocycles. The molecule has 0 unspecified atom stereocenters. The molecule has 2 amide bonds. The van der Waals surface area contributed by atoms with Gasteiger partial charge in [-0.1, -0.05) is 30.3 Å². The molecule has 1 heterocycles. The van der Waals surface area contributed by atoms with Gasteiger partial charge in [-0.15, -0.1) is 0 Å². The lowest BCUT2D eigenvalue weighted by Gasteiger charge is -2.59. The van der Waals surface area contributed by atoms with Crippen LogP contribution in [0.1, 0.15) is 63.9 Å². The van der Waals surface area contributed by atoms with Gasteiger partial charge in [0.2, 0.25) is 11.8 Å². The van der Waals surface area contributed by atoms with Gasteiger partial charge in [0.05, 0.1) is 0 Å². The topological polar surface area (TPSA) is 49.4 Å². The number of piperidine rings is 1. The monoisotopic (exact) mass is 420 g/mol. The number of amides is 2. The van der Waals surface area contributed by atoms with Crippen LogP contribution in [-0.2, 0) is 9.59 Å².